The van der Waals surface area contributed by atoms with Gasteiger partial charge < -0.3 is 5.32 Å². The average Bonchev–Trinajstić information content (AvgIpc) is 2.83. The second-order valence-electron chi connectivity index (χ2n) is 4.26. The molecule has 0 fully saturated rings. The number of nitrogens with one attached hydrogen (secondary N) is 2. The lowest BCUT2D eigenvalue weighted by molar-refractivity contribution is 0.102. The van der Waals surface area contributed by atoms with Crippen LogP contribution in [0.3, 0.4) is 0 Å². The number of fused-ring (bicyclic) bond motifs is 1. The van der Waals surface area contributed by atoms with Crippen molar-refractivity contribution >= 4 is 22.6 Å². The first kappa shape index (κ1) is 11.4. The van der Waals surface area contributed by atoms with Gasteiger partial charge >= 0.3 is 0 Å². The number of H-pyrrole nitrogens is 1. The lowest BCUT2D eigenvalue weighted by Crippen LogP contribution is -2.13. The molecule has 94 valence electrons. The SMILES string of the molecule is Cc1cn[nH]c1NC(=O)c1cccc2cccnc12. The highest BCUT2D eigenvalue weighted by Gasteiger charge is 2.12. The van der Waals surface area contributed by atoms with E-state index in [9.17, 15) is 4.79 Å². The Labute approximate surface area is 109 Å². The molecule has 2 N–H and O–H groups in total. The predicted octanol–water partition coefficient (Wildman–Crippen LogP) is 2.52. The fraction of sp³-hybridized carbons (Fsp3) is 0.0714. The number of rotatable bonds is 2. The molecule has 2 heterocycles. The van der Waals surface area contributed by atoms with Gasteiger partial charge in [-0.3, -0.25) is 14.9 Å². The third kappa shape index (κ3) is 2.06. The Morgan fingerprint density at radius 2 is 2.11 bits per heavy atom. The molecule has 0 radical (unpaired) electrons. The van der Waals surface area contributed by atoms with E-state index in [-0.39, 0.29) is 5.91 Å². The van der Waals surface area contributed by atoms with E-state index < -0.39 is 0 Å². The number of aryl methyl sites for hydroxylation is 1. The van der Waals surface area contributed by atoms with Gasteiger partial charge in [0.2, 0.25) is 0 Å². The van der Waals surface area contributed by atoms with Crippen LogP contribution in [0.4, 0.5) is 5.82 Å². The predicted molar refractivity (Wildman–Crippen MR) is 73.0 cm³/mol. The normalized spacial score (nSPS) is 10.6. The van der Waals surface area contributed by atoms with Crippen LogP contribution >= 0.6 is 0 Å². The van der Waals surface area contributed by atoms with Crippen LogP contribution in [-0.4, -0.2) is 21.1 Å². The molecule has 0 bridgehead atoms. The maximum Gasteiger partial charge on any atom is 0.259 e. The van der Waals surface area contributed by atoms with E-state index in [1.165, 1.54) is 0 Å². The largest absolute Gasteiger partial charge is 0.307 e. The van der Waals surface area contributed by atoms with Crippen molar-refractivity contribution in [3.8, 4) is 0 Å². The molecule has 2 aromatic heterocycles. The summed E-state index contributed by atoms with van der Waals surface area (Å²) in [6, 6.07) is 9.32. The van der Waals surface area contributed by atoms with Gasteiger partial charge in [0.25, 0.3) is 5.91 Å². The molecular formula is C14H12N4O. The summed E-state index contributed by atoms with van der Waals surface area (Å²) in [4.78, 5) is 16.5. The first-order chi connectivity index (χ1) is 9.25. The number of anilines is 1. The van der Waals surface area contributed by atoms with Crippen LogP contribution in [0, 0.1) is 6.92 Å². The second-order valence-corrected chi connectivity index (χ2v) is 4.26. The molecule has 19 heavy (non-hydrogen) atoms. The van der Waals surface area contributed by atoms with Crippen molar-refractivity contribution in [2.45, 2.75) is 6.92 Å². The quantitative estimate of drug-likeness (QED) is 0.736. The van der Waals surface area contributed by atoms with Crippen LogP contribution in [0.5, 0.6) is 0 Å². The molecule has 1 amide bonds. The van der Waals surface area contributed by atoms with E-state index in [0.717, 1.165) is 10.9 Å². The second kappa shape index (κ2) is 4.53. The Morgan fingerprint density at radius 1 is 1.26 bits per heavy atom. The number of carbonyl (C=O) groups is 1. The number of pyridine rings is 1. The maximum atomic E-state index is 12.3. The Hall–Kier alpha value is -2.69. The number of carbonyl (C=O) groups excluding carboxylic acids is 1. The van der Waals surface area contributed by atoms with Crippen LogP contribution in [0.25, 0.3) is 10.9 Å². The lowest BCUT2D eigenvalue weighted by Gasteiger charge is -2.06. The third-order valence-electron chi connectivity index (χ3n) is 2.94. The zero-order valence-electron chi connectivity index (χ0n) is 10.3. The van der Waals surface area contributed by atoms with Crippen molar-refractivity contribution < 1.29 is 4.79 Å². The van der Waals surface area contributed by atoms with Crippen LogP contribution in [0.15, 0.2) is 42.7 Å². The Bertz CT molecular complexity index is 743. The van der Waals surface area contributed by atoms with Gasteiger partial charge in [-0.05, 0) is 19.1 Å². The molecule has 0 aliphatic rings. The fourth-order valence-corrected chi connectivity index (χ4v) is 1.94. The molecule has 0 saturated carbocycles. The first-order valence-electron chi connectivity index (χ1n) is 5.91. The number of aromatic nitrogens is 3. The zero-order chi connectivity index (χ0) is 13.2. The minimum absolute atomic E-state index is 0.198. The highest BCUT2D eigenvalue weighted by molar-refractivity contribution is 6.11. The fourth-order valence-electron chi connectivity index (χ4n) is 1.94. The minimum atomic E-state index is -0.198. The Kier molecular flexibility index (Phi) is 2.72. The van der Waals surface area contributed by atoms with Crippen LogP contribution in [0.2, 0.25) is 0 Å². The zero-order valence-corrected chi connectivity index (χ0v) is 10.3. The lowest BCUT2D eigenvalue weighted by atomic mass is 10.1. The van der Waals surface area contributed by atoms with Crippen molar-refractivity contribution in [2.75, 3.05) is 5.32 Å². The standard InChI is InChI=1S/C14H12N4O/c1-9-8-16-18-13(9)17-14(19)11-6-2-4-10-5-3-7-15-12(10)11/h2-8H,1H3,(H2,16,17,18,19). The van der Waals surface area contributed by atoms with Crippen molar-refractivity contribution in [1.82, 2.24) is 15.2 Å². The number of hydrogen-bond donors (Lipinski definition) is 2. The van der Waals surface area contributed by atoms with E-state index in [0.29, 0.717) is 16.9 Å². The molecule has 1 aromatic carbocycles. The summed E-state index contributed by atoms with van der Waals surface area (Å²) in [6.07, 6.45) is 3.34. The van der Waals surface area contributed by atoms with Gasteiger partial charge in [-0.2, -0.15) is 5.10 Å². The molecule has 0 spiro atoms. The van der Waals surface area contributed by atoms with Gasteiger partial charge in [0, 0.05) is 17.1 Å². The van der Waals surface area contributed by atoms with E-state index >= 15 is 0 Å². The molecule has 3 rings (SSSR count). The average molecular weight is 252 g/mol. The summed E-state index contributed by atoms with van der Waals surface area (Å²) in [5.41, 5.74) is 2.13. The Morgan fingerprint density at radius 3 is 2.89 bits per heavy atom. The topological polar surface area (TPSA) is 70.7 Å². The first-order valence-corrected chi connectivity index (χ1v) is 5.91. The van der Waals surface area contributed by atoms with Gasteiger partial charge in [0.1, 0.15) is 5.82 Å². The van der Waals surface area contributed by atoms with Crippen molar-refractivity contribution in [3.63, 3.8) is 0 Å². The number of hydrogen-bond acceptors (Lipinski definition) is 3. The number of benzene rings is 1. The van der Waals surface area contributed by atoms with Gasteiger partial charge in [-0.15, -0.1) is 0 Å². The number of amides is 1. The molecule has 5 heteroatoms. The number of aromatic amines is 1. The highest BCUT2D eigenvalue weighted by Crippen LogP contribution is 2.18. The summed E-state index contributed by atoms with van der Waals surface area (Å²) in [5.74, 6) is 0.412. The molecule has 0 saturated heterocycles. The van der Waals surface area contributed by atoms with Crippen molar-refractivity contribution in [3.05, 3.63) is 53.9 Å². The molecule has 0 aliphatic carbocycles. The van der Waals surface area contributed by atoms with Gasteiger partial charge in [-0.25, -0.2) is 0 Å². The summed E-state index contributed by atoms with van der Waals surface area (Å²) < 4.78 is 0. The summed E-state index contributed by atoms with van der Waals surface area (Å²) >= 11 is 0. The van der Waals surface area contributed by atoms with E-state index in [1.54, 1.807) is 18.5 Å². The molecule has 3 aromatic rings. The monoisotopic (exact) mass is 252 g/mol. The van der Waals surface area contributed by atoms with Crippen molar-refractivity contribution in [1.29, 1.82) is 0 Å². The van der Waals surface area contributed by atoms with Gasteiger partial charge in [-0.1, -0.05) is 18.2 Å². The highest BCUT2D eigenvalue weighted by atomic mass is 16.1. The van der Waals surface area contributed by atoms with E-state index in [4.69, 9.17) is 0 Å². The van der Waals surface area contributed by atoms with E-state index in [2.05, 4.69) is 20.5 Å². The smallest absolute Gasteiger partial charge is 0.259 e. The van der Waals surface area contributed by atoms with Crippen LogP contribution in [0.1, 0.15) is 15.9 Å². The van der Waals surface area contributed by atoms with Gasteiger partial charge in [0.05, 0.1) is 17.3 Å². The number of para-hydroxylation sites is 1. The van der Waals surface area contributed by atoms with E-state index in [1.807, 2.05) is 31.2 Å². The molecule has 0 atom stereocenters. The molecular weight excluding hydrogens is 240 g/mol. The Balaban J connectivity index is 2.00. The molecule has 5 nitrogen and oxygen atoms in total. The third-order valence-corrected chi connectivity index (χ3v) is 2.94. The summed E-state index contributed by atoms with van der Waals surface area (Å²) in [6.45, 7) is 1.88. The van der Waals surface area contributed by atoms with Crippen LogP contribution < -0.4 is 5.32 Å². The summed E-state index contributed by atoms with van der Waals surface area (Å²) in [5, 5.41) is 10.4. The summed E-state index contributed by atoms with van der Waals surface area (Å²) in [7, 11) is 0. The van der Waals surface area contributed by atoms with Crippen LogP contribution in [-0.2, 0) is 0 Å². The maximum absolute atomic E-state index is 12.3. The number of nitrogens with zero attached hydrogens (tertiary/aromatic N) is 2. The van der Waals surface area contributed by atoms with Gasteiger partial charge in [0.15, 0.2) is 0 Å². The molecule has 0 aliphatic heterocycles. The van der Waals surface area contributed by atoms with Crippen molar-refractivity contribution in [2.24, 2.45) is 0 Å². The molecule has 0 unspecified atom stereocenters. The minimum Gasteiger partial charge on any atom is -0.307 e.